The first kappa shape index (κ1) is 20.5. The molecular weight excluding hydrogens is 406 g/mol. The van der Waals surface area contributed by atoms with Gasteiger partial charge >= 0.3 is 0 Å². The highest BCUT2D eigenvalue weighted by Crippen LogP contribution is 2.30. The van der Waals surface area contributed by atoms with E-state index < -0.39 is 10.0 Å². The summed E-state index contributed by atoms with van der Waals surface area (Å²) in [5, 5.41) is 2.74. The number of para-hydroxylation sites is 2. The summed E-state index contributed by atoms with van der Waals surface area (Å²) in [7, 11) is -3.69. The number of nitrogens with zero attached hydrogens (tertiary/aromatic N) is 2. The molecule has 30 heavy (non-hydrogen) atoms. The van der Waals surface area contributed by atoms with Gasteiger partial charge in [0, 0.05) is 18.7 Å². The number of amides is 2. The third kappa shape index (κ3) is 3.83. The molecule has 1 fully saturated rings. The Bertz CT molecular complexity index is 1070. The molecule has 2 aromatic rings. The third-order valence-electron chi connectivity index (χ3n) is 5.14. The lowest BCUT2D eigenvalue weighted by Crippen LogP contribution is -2.48. The number of morpholine rings is 1. The number of hydrogen-bond donors (Lipinski definition) is 1. The van der Waals surface area contributed by atoms with Gasteiger partial charge in [-0.25, -0.2) is 8.42 Å². The summed E-state index contributed by atoms with van der Waals surface area (Å²) in [6.07, 6.45) is -0.371. The van der Waals surface area contributed by atoms with Crippen LogP contribution in [-0.2, 0) is 19.6 Å². The number of anilines is 2. The van der Waals surface area contributed by atoms with Gasteiger partial charge in [0.15, 0.2) is 0 Å². The summed E-state index contributed by atoms with van der Waals surface area (Å²) < 4.78 is 33.0. The van der Waals surface area contributed by atoms with E-state index in [1.165, 1.54) is 33.5 Å². The number of benzene rings is 2. The zero-order valence-electron chi connectivity index (χ0n) is 16.7. The highest BCUT2D eigenvalue weighted by molar-refractivity contribution is 7.89. The van der Waals surface area contributed by atoms with Crippen LogP contribution in [0.3, 0.4) is 0 Å². The van der Waals surface area contributed by atoms with Gasteiger partial charge in [-0.1, -0.05) is 12.1 Å². The summed E-state index contributed by atoms with van der Waals surface area (Å²) in [6, 6.07) is 12.9. The molecule has 0 radical (unpaired) electrons. The average Bonchev–Trinajstić information content (AvgIpc) is 2.72. The maximum Gasteiger partial charge on any atom is 0.258 e. The first-order chi connectivity index (χ1) is 14.3. The van der Waals surface area contributed by atoms with Crippen LogP contribution in [0.5, 0.6) is 0 Å². The Kier molecular flexibility index (Phi) is 5.35. The molecule has 158 valence electrons. The summed E-state index contributed by atoms with van der Waals surface area (Å²) in [4.78, 5) is 26.5. The standard InChI is InChI=1S/C21H23N3O5S/c1-14-11-23(12-15(2)29-14)30(27,28)17-9-7-16(8-10-17)21(26)24-13-20(25)22-18-5-3-4-6-19(18)24/h3-10,14-15H,11-13H2,1-2H3,(H,22,25)/t14-,15-/m0/s1. The van der Waals surface area contributed by atoms with Gasteiger partial charge in [0.1, 0.15) is 6.54 Å². The first-order valence-corrected chi connectivity index (χ1v) is 11.2. The predicted octanol–water partition coefficient (Wildman–Crippen LogP) is 2.08. The minimum Gasteiger partial charge on any atom is -0.373 e. The van der Waals surface area contributed by atoms with Crippen LogP contribution in [0.1, 0.15) is 24.2 Å². The van der Waals surface area contributed by atoms with Gasteiger partial charge in [-0.2, -0.15) is 4.31 Å². The molecule has 2 amide bonds. The van der Waals surface area contributed by atoms with Gasteiger partial charge in [-0.05, 0) is 50.2 Å². The Morgan fingerprint density at radius 3 is 2.33 bits per heavy atom. The Labute approximate surface area is 175 Å². The molecule has 0 unspecified atom stereocenters. The Morgan fingerprint density at radius 2 is 1.67 bits per heavy atom. The van der Waals surface area contributed by atoms with Crippen LogP contribution in [-0.4, -0.2) is 56.4 Å². The fraction of sp³-hybridized carbons (Fsp3) is 0.333. The van der Waals surface area contributed by atoms with E-state index in [1.807, 2.05) is 13.8 Å². The van der Waals surface area contributed by atoms with E-state index in [4.69, 9.17) is 4.74 Å². The van der Waals surface area contributed by atoms with Crippen molar-refractivity contribution >= 4 is 33.2 Å². The number of fused-ring (bicyclic) bond motifs is 1. The highest BCUT2D eigenvalue weighted by atomic mass is 32.2. The predicted molar refractivity (Wildman–Crippen MR) is 112 cm³/mol. The molecule has 8 nitrogen and oxygen atoms in total. The minimum atomic E-state index is -3.69. The van der Waals surface area contributed by atoms with Crippen LogP contribution in [0, 0.1) is 0 Å². The summed E-state index contributed by atoms with van der Waals surface area (Å²) in [6.45, 7) is 4.15. The van der Waals surface area contributed by atoms with Crippen molar-refractivity contribution < 1.29 is 22.7 Å². The van der Waals surface area contributed by atoms with E-state index in [1.54, 1.807) is 24.3 Å². The van der Waals surface area contributed by atoms with Crippen molar-refractivity contribution in [2.45, 2.75) is 31.0 Å². The van der Waals surface area contributed by atoms with Gasteiger partial charge in [0.25, 0.3) is 5.91 Å². The van der Waals surface area contributed by atoms with Gasteiger partial charge in [-0.15, -0.1) is 0 Å². The molecule has 9 heteroatoms. The van der Waals surface area contributed by atoms with Gasteiger partial charge < -0.3 is 10.1 Å². The largest absolute Gasteiger partial charge is 0.373 e. The second-order valence-electron chi connectivity index (χ2n) is 7.56. The van der Waals surface area contributed by atoms with E-state index in [-0.39, 0.29) is 48.6 Å². The number of ether oxygens (including phenoxy) is 1. The van der Waals surface area contributed by atoms with E-state index in [0.29, 0.717) is 16.9 Å². The molecule has 2 aliphatic heterocycles. The maximum absolute atomic E-state index is 13.0. The maximum atomic E-state index is 13.0. The van der Waals surface area contributed by atoms with E-state index >= 15 is 0 Å². The molecule has 1 saturated heterocycles. The topological polar surface area (TPSA) is 96.0 Å². The zero-order valence-corrected chi connectivity index (χ0v) is 17.6. The van der Waals surface area contributed by atoms with Crippen molar-refractivity contribution in [3.8, 4) is 0 Å². The molecule has 1 N–H and O–H groups in total. The molecule has 0 spiro atoms. The lowest BCUT2D eigenvalue weighted by molar-refractivity contribution is -0.115. The zero-order chi connectivity index (χ0) is 21.5. The van der Waals surface area contributed by atoms with Crippen molar-refractivity contribution in [1.29, 1.82) is 0 Å². The van der Waals surface area contributed by atoms with E-state index in [0.717, 1.165) is 0 Å². The second-order valence-corrected chi connectivity index (χ2v) is 9.50. The number of nitrogens with one attached hydrogen (secondary N) is 1. The Hall–Kier alpha value is -2.75. The van der Waals surface area contributed by atoms with Crippen molar-refractivity contribution in [2.24, 2.45) is 0 Å². The molecule has 2 atom stereocenters. The molecule has 0 bridgehead atoms. The van der Waals surface area contributed by atoms with Crippen LogP contribution >= 0.6 is 0 Å². The number of rotatable bonds is 3. The van der Waals surface area contributed by atoms with Crippen molar-refractivity contribution in [2.75, 3.05) is 29.9 Å². The summed E-state index contributed by atoms with van der Waals surface area (Å²) >= 11 is 0. The SMILES string of the molecule is C[C@H]1CN(S(=O)(=O)c2ccc(C(=O)N3CC(=O)Nc4ccccc43)cc2)C[C@H](C)O1. The Balaban J connectivity index is 1.58. The van der Waals surface area contributed by atoms with Crippen LogP contribution in [0.2, 0.25) is 0 Å². The van der Waals surface area contributed by atoms with Crippen LogP contribution in [0.15, 0.2) is 53.4 Å². The lowest BCUT2D eigenvalue weighted by atomic mass is 10.1. The van der Waals surface area contributed by atoms with Crippen molar-refractivity contribution in [3.05, 3.63) is 54.1 Å². The number of sulfonamides is 1. The van der Waals surface area contributed by atoms with Crippen LogP contribution < -0.4 is 10.2 Å². The summed E-state index contributed by atoms with van der Waals surface area (Å²) in [5.41, 5.74) is 1.48. The minimum absolute atomic E-state index is 0.0978. The van der Waals surface area contributed by atoms with E-state index in [2.05, 4.69) is 5.32 Å². The van der Waals surface area contributed by atoms with Gasteiger partial charge in [0.2, 0.25) is 15.9 Å². The normalized spacial score (nSPS) is 22.3. The third-order valence-corrected chi connectivity index (χ3v) is 6.99. The molecular formula is C21H23N3O5S. The molecule has 0 aromatic heterocycles. The molecule has 4 rings (SSSR count). The summed E-state index contributed by atoms with van der Waals surface area (Å²) in [5.74, 6) is -0.647. The van der Waals surface area contributed by atoms with Crippen LogP contribution in [0.4, 0.5) is 11.4 Å². The van der Waals surface area contributed by atoms with Crippen LogP contribution in [0.25, 0.3) is 0 Å². The Morgan fingerprint density at radius 1 is 1.03 bits per heavy atom. The van der Waals surface area contributed by atoms with Crippen molar-refractivity contribution in [3.63, 3.8) is 0 Å². The molecule has 2 aromatic carbocycles. The average molecular weight is 429 g/mol. The highest BCUT2D eigenvalue weighted by Gasteiger charge is 2.33. The fourth-order valence-corrected chi connectivity index (χ4v) is 5.41. The number of carbonyl (C=O) groups is 2. The number of carbonyl (C=O) groups excluding carboxylic acids is 2. The molecule has 2 heterocycles. The molecule has 0 saturated carbocycles. The lowest BCUT2D eigenvalue weighted by Gasteiger charge is -2.34. The van der Waals surface area contributed by atoms with E-state index in [9.17, 15) is 18.0 Å². The first-order valence-electron chi connectivity index (χ1n) is 9.72. The smallest absolute Gasteiger partial charge is 0.258 e. The van der Waals surface area contributed by atoms with Gasteiger partial charge in [0.05, 0.1) is 28.5 Å². The molecule has 2 aliphatic rings. The van der Waals surface area contributed by atoms with Gasteiger partial charge in [-0.3, -0.25) is 14.5 Å². The quantitative estimate of drug-likeness (QED) is 0.806. The number of hydrogen-bond acceptors (Lipinski definition) is 5. The fourth-order valence-electron chi connectivity index (χ4n) is 3.82. The van der Waals surface area contributed by atoms with Crippen molar-refractivity contribution in [1.82, 2.24) is 4.31 Å². The monoisotopic (exact) mass is 429 g/mol. The second kappa shape index (κ2) is 7.82. The molecule has 0 aliphatic carbocycles.